The standard InChI is InChI=1S/C64H117NO18/c1-3-5-7-9-11-13-15-17-19-21-22-23-24-26-27-29-31-33-35-37-39-41-48(69)47(65-52(70)42-40-38-36-34-32-30-28-25-20-18-16-14-12-10-8-6-4-2)46-78-62-58(76)55(73)60(50(44-67)80-62)83-64-59(77)56(74)61(51(45-68)81-64)82-63-57(75)54(72)53(71)49(43-66)79-63/h24,26,31,33,39,41,47-51,53-64,66-69,71-77H,3-23,25,27-30,32,34-38,40,42-46H2,1-2H3,(H,65,70)/b26-24+,33-31+,41-39+. The van der Waals surface area contributed by atoms with Crippen LogP contribution in [-0.4, -0.2) is 193 Å². The number of aliphatic hydroxyl groups excluding tert-OH is 11. The second-order valence-corrected chi connectivity index (χ2v) is 23.6. The number of carbonyl (C=O) groups is 1. The van der Waals surface area contributed by atoms with E-state index in [0.717, 1.165) is 44.9 Å². The van der Waals surface area contributed by atoms with Crippen LogP contribution < -0.4 is 5.32 Å². The largest absolute Gasteiger partial charge is 0.394 e. The average molecular weight is 1190 g/mol. The lowest BCUT2D eigenvalue weighted by Gasteiger charge is -2.48. The van der Waals surface area contributed by atoms with Crippen molar-refractivity contribution in [1.82, 2.24) is 5.32 Å². The first-order chi connectivity index (χ1) is 40.3. The number of hydrogen-bond donors (Lipinski definition) is 12. The summed E-state index contributed by atoms with van der Waals surface area (Å²) in [5.74, 6) is -0.287. The summed E-state index contributed by atoms with van der Waals surface area (Å²) in [4.78, 5) is 13.4. The highest BCUT2D eigenvalue weighted by Gasteiger charge is 2.53. The number of unbranched alkanes of at least 4 members (excludes halogenated alkanes) is 29. The van der Waals surface area contributed by atoms with Gasteiger partial charge in [-0.3, -0.25) is 4.79 Å². The van der Waals surface area contributed by atoms with Crippen LogP contribution in [0.2, 0.25) is 0 Å². The molecule has 12 N–H and O–H groups in total. The molecular weight excluding hydrogens is 1070 g/mol. The van der Waals surface area contributed by atoms with Crippen LogP contribution in [0.1, 0.15) is 232 Å². The van der Waals surface area contributed by atoms with Crippen molar-refractivity contribution in [3.8, 4) is 0 Å². The molecule has 0 saturated carbocycles. The fraction of sp³-hybridized carbons (Fsp3) is 0.891. The zero-order chi connectivity index (χ0) is 60.5. The van der Waals surface area contributed by atoms with Crippen molar-refractivity contribution in [3.05, 3.63) is 36.5 Å². The van der Waals surface area contributed by atoms with E-state index in [-0.39, 0.29) is 18.9 Å². The first-order valence-corrected chi connectivity index (χ1v) is 32.7. The molecule has 83 heavy (non-hydrogen) atoms. The molecule has 0 spiro atoms. The maximum Gasteiger partial charge on any atom is 0.220 e. The highest BCUT2D eigenvalue weighted by molar-refractivity contribution is 5.76. The number of rotatable bonds is 49. The first kappa shape index (κ1) is 75.3. The number of allylic oxidation sites excluding steroid dienone is 5. The van der Waals surface area contributed by atoms with Crippen LogP contribution in [0.5, 0.6) is 0 Å². The molecule has 0 aliphatic carbocycles. The third kappa shape index (κ3) is 30.2. The molecule has 0 aromatic heterocycles. The van der Waals surface area contributed by atoms with Crippen molar-refractivity contribution < 1.29 is 89.4 Å². The minimum Gasteiger partial charge on any atom is -0.394 e. The molecule has 486 valence electrons. The first-order valence-electron chi connectivity index (χ1n) is 32.7. The minimum absolute atomic E-state index is 0.235. The number of ether oxygens (including phenoxy) is 6. The summed E-state index contributed by atoms with van der Waals surface area (Å²) in [6, 6.07) is -0.993. The van der Waals surface area contributed by atoms with E-state index >= 15 is 0 Å². The molecule has 0 aromatic rings. The Morgan fingerprint density at radius 2 is 0.771 bits per heavy atom. The Morgan fingerprint density at radius 3 is 1.20 bits per heavy atom. The van der Waals surface area contributed by atoms with Gasteiger partial charge in [0.1, 0.15) is 73.2 Å². The molecule has 19 heteroatoms. The van der Waals surface area contributed by atoms with Crippen molar-refractivity contribution in [3.63, 3.8) is 0 Å². The van der Waals surface area contributed by atoms with Gasteiger partial charge in [0, 0.05) is 6.42 Å². The predicted octanol–water partition coefficient (Wildman–Crippen LogP) is 7.27. The summed E-state index contributed by atoms with van der Waals surface area (Å²) in [5, 5.41) is 120. The molecule has 17 unspecified atom stereocenters. The van der Waals surface area contributed by atoms with Crippen molar-refractivity contribution >= 4 is 5.91 Å². The summed E-state index contributed by atoms with van der Waals surface area (Å²) in [6.45, 7) is 1.72. The van der Waals surface area contributed by atoms with E-state index in [9.17, 15) is 61.0 Å². The summed E-state index contributed by atoms with van der Waals surface area (Å²) in [6.07, 6.45) is 25.5. The molecule has 3 saturated heterocycles. The molecule has 0 aromatic carbocycles. The molecule has 17 atom stereocenters. The van der Waals surface area contributed by atoms with Crippen LogP contribution in [0.25, 0.3) is 0 Å². The number of nitrogens with one attached hydrogen (secondary N) is 1. The lowest BCUT2D eigenvalue weighted by Crippen LogP contribution is -2.66. The van der Waals surface area contributed by atoms with Crippen molar-refractivity contribution in [2.75, 3.05) is 26.4 Å². The molecule has 3 aliphatic heterocycles. The van der Waals surface area contributed by atoms with Gasteiger partial charge >= 0.3 is 0 Å². The Kier molecular flexibility index (Phi) is 42.7. The maximum atomic E-state index is 13.4. The van der Waals surface area contributed by atoms with Gasteiger partial charge in [0.15, 0.2) is 18.9 Å². The predicted molar refractivity (Wildman–Crippen MR) is 319 cm³/mol. The quantitative estimate of drug-likeness (QED) is 0.0211. The number of carbonyl (C=O) groups excluding carboxylic acids is 1. The van der Waals surface area contributed by atoms with Gasteiger partial charge in [0.25, 0.3) is 0 Å². The second kappa shape index (κ2) is 47.1. The highest BCUT2D eigenvalue weighted by atomic mass is 16.8. The smallest absolute Gasteiger partial charge is 0.220 e. The number of amides is 1. The maximum absolute atomic E-state index is 13.4. The van der Waals surface area contributed by atoms with Crippen LogP contribution in [0.15, 0.2) is 36.5 Å². The van der Waals surface area contributed by atoms with E-state index in [1.807, 2.05) is 6.08 Å². The third-order valence-electron chi connectivity index (χ3n) is 16.4. The van der Waals surface area contributed by atoms with Gasteiger partial charge in [-0.2, -0.15) is 0 Å². The molecule has 19 nitrogen and oxygen atoms in total. The second-order valence-electron chi connectivity index (χ2n) is 23.6. The lowest BCUT2D eigenvalue weighted by atomic mass is 9.96. The minimum atomic E-state index is -1.98. The van der Waals surface area contributed by atoms with E-state index < -0.39 is 124 Å². The molecule has 0 bridgehead atoms. The van der Waals surface area contributed by atoms with Crippen molar-refractivity contribution in [2.45, 2.75) is 336 Å². The Balaban J connectivity index is 1.49. The van der Waals surface area contributed by atoms with E-state index in [0.29, 0.717) is 12.8 Å². The van der Waals surface area contributed by atoms with Gasteiger partial charge in [-0.25, -0.2) is 0 Å². The Labute approximate surface area is 498 Å². The monoisotopic (exact) mass is 1190 g/mol. The third-order valence-corrected chi connectivity index (χ3v) is 16.4. The van der Waals surface area contributed by atoms with Crippen molar-refractivity contribution in [2.24, 2.45) is 0 Å². The molecule has 0 radical (unpaired) electrons. The Bertz CT molecular complexity index is 1660. The van der Waals surface area contributed by atoms with Gasteiger partial charge in [0.05, 0.1) is 38.6 Å². The van der Waals surface area contributed by atoms with Gasteiger partial charge in [-0.15, -0.1) is 0 Å². The molecule has 3 heterocycles. The van der Waals surface area contributed by atoms with E-state index in [4.69, 9.17) is 28.4 Å². The molecule has 3 fully saturated rings. The van der Waals surface area contributed by atoms with E-state index in [2.05, 4.69) is 43.5 Å². The topological polar surface area (TPSA) is 307 Å². The normalized spacial score (nSPS) is 29.6. The van der Waals surface area contributed by atoms with Gasteiger partial charge < -0.3 is 89.9 Å². The fourth-order valence-electron chi connectivity index (χ4n) is 11.0. The lowest BCUT2D eigenvalue weighted by molar-refractivity contribution is -0.379. The summed E-state index contributed by atoms with van der Waals surface area (Å²) in [7, 11) is 0. The highest BCUT2D eigenvalue weighted by Crippen LogP contribution is 2.33. The zero-order valence-electron chi connectivity index (χ0n) is 50.9. The van der Waals surface area contributed by atoms with Crippen LogP contribution in [0.4, 0.5) is 0 Å². The summed E-state index contributed by atoms with van der Waals surface area (Å²) < 4.78 is 34.3. The summed E-state index contributed by atoms with van der Waals surface area (Å²) in [5.41, 5.74) is 0. The van der Waals surface area contributed by atoms with Crippen LogP contribution in [0, 0.1) is 0 Å². The molecular formula is C64H117NO18. The zero-order valence-corrected chi connectivity index (χ0v) is 50.9. The molecule has 1 amide bonds. The van der Waals surface area contributed by atoms with E-state index in [1.54, 1.807) is 6.08 Å². The van der Waals surface area contributed by atoms with Gasteiger partial charge in [0.2, 0.25) is 5.91 Å². The van der Waals surface area contributed by atoms with Crippen LogP contribution >= 0.6 is 0 Å². The van der Waals surface area contributed by atoms with Gasteiger partial charge in [-0.1, -0.05) is 217 Å². The molecule has 3 rings (SSSR count). The Hall–Kier alpha value is -1.99. The van der Waals surface area contributed by atoms with Gasteiger partial charge in [-0.05, 0) is 44.9 Å². The SMILES string of the molecule is CCCCCCCCCCCCC/C=C/CC/C=C/CC/C=C/C(O)C(COC1OC(CO)C(OC2OC(CO)C(OC3OC(CO)C(O)C(O)C3O)C(O)C2O)C(O)C1O)NC(=O)CCCCCCCCCCCCCCCCCCC. The summed E-state index contributed by atoms with van der Waals surface area (Å²) >= 11 is 0. The van der Waals surface area contributed by atoms with Crippen LogP contribution in [-0.2, 0) is 33.2 Å². The van der Waals surface area contributed by atoms with Crippen molar-refractivity contribution in [1.29, 1.82) is 0 Å². The van der Waals surface area contributed by atoms with Crippen LogP contribution in [0.3, 0.4) is 0 Å². The van der Waals surface area contributed by atoms with E-state index in [1.165, 1.54) is 154 Å². The fourth-order valence-corrected chi connectivity index (χ4v) is 11.0. The Morgan fingerprint density at radius 1 is 0.422 bits per heavy atom. The number of hydrogen-bond acceptors (Lipinski definition) is 18. The average Bonchev–Trinajstić information content (AvgIpc) is 3.34. The molecule has 3 aliphatic rings. The number of aliphatic hydroxyl groups is 11.